The zero-order valence-electron chi connectivity index (χ0n) is 9.06. The Labute approximate surface area is 112 Å². The molecule has 3 N–H and O–H groups in total. The van der Waals surface area contributed by atoms with Gasteiger partial charge in [0, 0.05) is 13.0 Å². The van der Waals surface area contributed by atoms with E-state index in [1.807, 2.05) is 0 Å². The van der Waals surface area contributed by atoms with Crippen molar-refractivity contribution in [2.45, 2.75) is 18.6 Å². The number of aliphatic carboxylic acids is 1. The minimum absolute atomic E-state index is 0.0171. The van der Waals surface area contributed by atoms with Gasteiger partial charge < -0.3 is 20.1 Å². The van der Waals surface area contributed by atoms with E-state index in [9.17, 15) is 14.7 Å². The Hall–Kier alpha value is -1.24. The van der Waals surface area contributed by atoms with Gasteiger partial charge in [-0.15, -0.1) is 0 Å². The molecule has 2 rings (SSSR count). The highest BCUT2D eigenvalue weighted by atomic mass is 35.5. The predicted molar refractivity (Wildman–Crippen MR) is 63.9 cm³/mol. The van der Waals surface area contributed by atoms with Crippen LogP contribution in [-0.4, -0.2) is 50.7 Å². The second-order valence-corrected chi connectivity index (χ2v) is 4.83. The number of aromatic nitrogens is 1. The summed E-state index contributed by atoms with van der Waals surface area (Å²) in [7, 11) is 0. The molecule has 0 radical (unpaired) electrons. The molecule has 0 unspecified atom stereocenters. The molecular weight excluding hydrogens is 283 g/mol. The molecule has 0 aromatic carbocycles. The first-order valence-corrected chi connectivity index (χ1v) is 5.91. The highest BCUT2D eigenvalue weighted by Gasteiger charge is 2.39. The maximum atomic E-state index is 12.1. The molecule has 1 aromatic heterocycles. The molecule has 1 aromatic rings. The van der Waals surface area contributed by atoms with Gasteiger partial charge in [0.1, 0.15) is 16.9 Å². The summed E-state index contributed by atoms with van der Waals surface area (Å²) in [6.45, 7) is -0.0238. The van der Waals surface area contributed by atoms with E-state index in [1.54, 1.807) is 0 Å². The Morgan fingerprint density at radius 3 is 2.61 bits per heavy atom. The molecule has 0 saturated carbocycles. The van der Waals surface area contributed by atoms with Gasteiger partial charge in [0.15, 0.2) is 0 Å². The van der Waals surface area contributed by atoms with Crippen LogP contribution < -0.4 is 0 Å². The quantitative estimate of drug-likeness (QED) is 0.757. The molecular formula is C10H10Cl2N2O4. The van der Waals surface area contributed by atoms with E-state index < -0.39 is 24.0 Å². The summed E-state index contributed by atoms with van der Waals surface area (Å²) in [5.74, 6) is -1.70. The van der Waals surface area contributed by atoms with Gasteiger partial charge in [0.25, 0.3) is 5.91 Å². The number of aliphatic hydroxyl groups is 1. The van der Waals surface area contributed by atoms with E-state index in [-0.39, 0.29) is 28.8 Å². The highest BCUT2D eigenvalue weighted by molar-refractivity contribution is 6.41. The van der Waals surface area contributed by atoms with Crippen LogP contribution in [0.4, 0.5) is 0 Å². The van der Waals surface area contributed by atoms with Gasteiger partial charge >= 0.3 is 5.97 Å². The zero-order chi connectivity index (χ0) is 13.4. The summed E-state index contributed by atoms with van der Waals surface area (Å²) in [5.41, 5.74) is 0.102. The van der Waals surface area contributed by atoms with Crippen molar-refractivity contribution in [1.29, 1.82) is 0 Å². The summed E-state index contributed by atoms with van der Waals surface area (Å²) < 4.78 is 0. The Morgan fingerprint density at radius 1 is 1.44 bits per heavy atom. The molecule has 1 aliphatic heterocycles. The number of nitrogens with one attached hydrogen (secondary N) is 1. The molecule has 2 atom stereocenters. The number of likely N-dealkylation sites (tertiary alicyclic amines) is 1. The minimum Gasteiger partial charge on any atom is -0.480 e. The number of rotatable bonds is 2. The van der Waals surface area contributed by atoms with E-state index in [0.717, 1.165) is 4.90 Å². The Morgan fingerprint density at radius 2 is 2.11 bits per heavy atom. The largest absolute Gasteiger partial charge is 0.480 e. The number of H-pyrrole nitrogens is 1. The summed E-state index contributed by atoms with van der Waals surface area (Å²) in [6.07, 6.45) is -0.820. The van der Waals surface area contributed by atoms with E-state index in [0.29, 0.717) is 0 Å². The Bertz CT molecular complexity index is 483. The lowest BCUT2D eigenvalue weighted by Gasteiger charge is -2.20. The molecule has 98 valence electrons. The van der Waals surface area contributed by atoms with Gasteiger partial charge in [0.05, 0.1) is 11.1 Å². The number of carboxylic acids is 1. The third-order valence-corrected chi connectivity index (χ3v) is 3.47. The van der Waals surface area contributed by atoms with E-state index in [4.69, 9.17) is 28.3 Å². The number of aromatic amines is 1. The fourth-order valence-electron chi connectivity index (χ4n) is 1.95. The van der Waals surface area contributed by atoms with Crippen LogP contribution in [0.5, 0.6) is 0 Å². The van der Waals surface area contributed by atoms with Crippen molar-refractivity contribution in [1.82, 2.24) is 9.88 Å². The lowest BCUT2D eigenvalue weighted by atomic mass is 10.2. The number of hydrogen-bond donors (Lipinski definition) is 3. The number of nitrogens with zero attached hydrogens (tertiary/aromatic N) is 1. The number of β-amino-alcohol motifs (C(OH)–C–C–N with tert-alkyl or cyclic N) is 1. The topological polar surface area (TPSA) is 93.6 Å². The minimum atomic E-state index is -1.15. The average Bonchev–Trinajstić information content (AvgIpc) is 2.82. The van der Waals surface area contributed by atoms with Crippen LogP contribution in [-0.2, 0) is 4.79 Å². The van der Waals surface area contributed by atoms with Crippen LogP contribution in [0.3, 0.4) is 0 Å². The standard InChI is InChI=1S/C10H10Cl2N2O4/c11-5-2-6(13-8(5)12)9(16)14-3-4(15)1-7(14)10(17)18/h2,4,7,13,15H,1,3H2,(H,17,18)/t4-,7+/m1/s1. The molecule has 0 aliphatic carbocycles. The van der Waals surface area contributed by atoms with Crippen LogP contribution in [0.15, 0.2) is 6.07 Å². The van der Waals surface area contributed by atoms with Crippen LogP contribution in [0.2, 0.25) is 10.2 Å². The third-order valence-electron chi connectivity index (χ3n) is 2.78. The highest BCUT2D eigenvalue weighted by Crippen LogP contribution is 2.25. The monoisotopic (exact) mass is 292 g/mol. The fourth-order valence-corrected chi connectivity index (χ4v) is 2.26. The summed E-state index contributed by atoms with van der Waals surface area (Å²) >= 11 is 11.4. The van der Waals surface area contributed by atoms with Gasteiger partial charge in [-0.05, 0) is 6.07 Å². The lowest BCUT2D eigenvalue weighted by Crippen LogP contribution is -2.40. The number of hydrogen-bond acceptors (Lipinski definition) is 3. The van der Waals surface area contributed by atoms with Gasteiger partial charge in [-0.2, -0.15) is 0 Å². The fraction of sp³-hybridized carbons (Fsp3) is 0.400. The molecule has 1 fully saturated rings. The summed E-state index contributed by atoms with van der Waals surface area (Å²) in [6, 6.07) is 0.295. The lowest BCUT2D eigenvalue weighted by molar-refractivity contribution is -0.141. The number of amides is 1. The molecule has 18 heavy (non-hydrogen) atoms. The van der Waals surface area contributed by atoms with Crippen LogP contribution in [0, 0.1) is 0 Å². The summed E-state index contributed by atoms with van der Waals surface area (Å²) in [4.78, 5) is 26.7. The molecule has 0 spiro atoms. The number of aliphatic hydroxyl groups excluding tert-OH is 1. The van der Waals surface area contributed by atoms with Crippen LogP contribution >= 0.6 is 23.2 Å². The zero-order valence-corrected chi connectivity index (χ0v) is 10.6. The first-order valence-electron chi connectivity index (χ1n) is 5.16. The van der Waals surface area contributed by atoms with Crippen molar-refractivity contribution >= 4 is 35.1 Å². The smallest absolute Gasteiger partial charge is 0.326 e. The molecule has 1 amide bonds. The van der Waals surface area contributed by atoms with Crippen molar-refractivity contribution < 1.29 is 19.8 Å². The number of carbonyl (C=O) groups is 2. The van der Waals surface area contributed by atoms with Crippen molar-refractivity contribution in [3.63, 3.8) is 0 Å². The maximum Gasteiger partial charge on any atom is 0.326 e. The Kier molecular flexibility index (Phi) is 3.52. The van der Waals surface area contributed by atoms with Crippen molar-refractivity contribution in [2.75, 3.05) is 6.54 Å². The van der Waals surface area contributed by atoms with Crippen molar-refractivity contribution in [2.24, 2.45) is 0 Å². The number of carboxylic acid groups (broad SMARTS) is 1. The molecule has 8 heteroatoms. The molecule has 0 bridgehead atoms. The normalized spacial score (nSPS) is 23.4. The molecule has 2 heterocycles. The van der Waals surface area contributed by atoms with Crippen LogP contribution in [0.1, 0.15) is 16.9 Å². The van der Waals surface area contributed by atoms with Gasteiger partial charge in [0.2, 0.25) is 0 Å². The van der Waals surface area contributed by atoms with E-state index >= 15 is 0 Å². The number of halogens is 2. The molecule has 6 nitrogen and oxygen atoms in total. The van der Waals surface area contributed by atoms with Crippen molar-refractivity contribution in [3.05, 3.63) is 21.9 Å². The summed E-state index contributed by atoms with van der Waals surface area (Å²) in [5, 5.41) is 18.7. The predicted octanol–water partition coefficient (Wildman–Crippen LogP) is 0.981. The maximum absolute atomic E-state index is 12.1. The van der Waals surface area contributed by atoms with Gasteiger partial charge in [-0.3, -0.25) is 4.79 Å². The Balaban J connectivity index is 2.25. The SMILES string of the molecule is O=C(O)[C@@H]1C[C@@H](O)CN1C(=O)c1cc(Cl)c(Cl)[nH]1. The van der Waals surface area contributed by atoms with E-state index in [2.05, 4.69) is 4.98 Å². The average molecular weight is 293 g/mol. The number of carbonyl (C=O) groups excluding carboxylic acids is 1. The molecule has 1 saturated heterocycles. The van der Waals surface area contributed by atoms with Gasteiger partial charge in [-0.25, -0.2) is 4.79 Å². The first kappa shape index (κ1) is 13.2. The van der Waals surface area contributed by atoms with Gasteiger partial charge in [-0.1, -0.05) is 23.2 Å². The van der Waals surface area contributed by atoms with E-state index in [1.165, 1.54) is 6.07 Å². The second-order valence-electron chi connectivity index (χ2n) is 4.05. The molecule has 1 aliphatic rings. The first-order chi connectivity index (χ1) is 8.40. The second kappa shape index (κ2) is 4.79. The van der Waals surface area contributed by atoms with Crippen LogP contribution in [0.25, 0.3) is 0 Å². The van der Waals surface area contributed by atoms with Crippen molar-refractivity contribution in [3.8, 4) is 0 Å². The third kappa shape index (κ3) is 2.31.